The molecule has 0 spiro atoms. The Morgan fingerprint density at radius 2 is 1.83 bits per heavy atom. The fourth-order valence-electron chi connectivity index (χ4n) is 1.46. The highest BCUT2D eigenvalue weighted by Gasteiger charge is 1.97. The first-order valence-electron chi connectivity index (χ1n) is 5.49. The molecule has 2 aromatic carbocycles. The lowest BCUT2D eigenvalue weighted by atomic mass is 10.3. The molecule has 0 radical (unpaired) electrons. The molecule has 0 unspecified atom stereocenters. The fourth-order valence-corrected chi connectivity index (χ4v) is 1.52. The second kappa shape index (κ2) is 6.55. The predicted octanol–water partition coefficient (Wildman–Crippen LogP) is 3.95. The molecule has 0 heterocycles. The van der Waals surface area contributed by atoms with Crippen molar-refractivity contribution in [2.24, 2.45) is 4.99 Å². The SMILES string of the molecule is S=C=NCNc1cccc(Oc2ccccc2)c1. The third kappa shape index (κ3) is 3.70. The Morgan fingerprint density at radius 1 is 1.06 bits per heavy atom. The molecular formula is C14H12N2OS. The maximum Gasteiger partial charge on any atom is 0.129 e. The largest absolute Gasteiger partial charge is 0.457 e. The van der Waals surface area contributed by atoms with E-state index in [1.54, 1.807) is 0 Å². The average Bonchev–Trinajstić information content (AvgIpc) is 2.41. The van der Waals surface area contributed by atoms with Crippen LogP contribution in [0.5, 0.6) is 11.5 Å². The summed E-state index contributed by atoms with van der Waals surface area (Å²) in [6, 6.07) is 17.3. The number of hydrogen-bond acceptors (Lipinski definition) is 4. The van der Waals surface area contributed by atoms with Gasteiger partial charge < -0.3 is 10.1 Å². The van der Waals surface area contributed by atoms with Gasteiger partial charge in [-0.15, -0.1) is 0 Å². The first-order chi connectivity index (χ1) is 8.88. The first-order valence-corrected chi connectivity index (χ1v) is 5.90. The fraction of sp³-hybridized carbons (Fsp3) is 0.0714. The summed E-state index contributed by atoms with van der Waals surface area (Å²) in [6.45, 7) is 0.415. The summed E-state index contributed by atoms with van der Waals surface area (Å²) < 4.78 is 5.72. The van der Waals surface area contributed by atoms with Crippen LogP contribution in [0.4, 0.5) is 5.69 Å². The molecule has 4 heteroatoms. The Hall–Kier alpha value is -2.16. The van der Waals surface area contributed by atoms with Crippen molar-refractivity contribution in [2.75, 3.05) is 12.0 Å². The summed E-state index contributed by atoms with van der Waals surface area (Å²) in [5.74, 6) is 1.59. The molecule has 3 nitrogen and oxygen atoms in total. The highest BCUT2D eigenvalue weighted by atomic mass is 32.1. The number of anilines is 1. The van der Waals surface area contributed by atoms with Crippen LogP contribution in [0, 0.1) is 0 Å². The molecule has 0 amide bonds. The molecule has 0 aliphatic heterocycles. The molecule has 0 aliphatic rings. The smallest absolute Gasteiger partial charge is 0.129 e. The van der Waals surface area contributed by atoms with Crippen molar-refractivity contribution >= 4 is 23.1 Å². The Labute approximate surface area is 111 Å². The van der Waals surface area contributed by atoms with E-state index < -0.39 is 0 Å². The maximum atomic E-state index is 5.72. The van der Waals surface area contributed by atoms with Crippen molar-refractivity contribution < 1.29 is 4.74 Å². The highest BCUT2D eigenvalue weighted by molar-refractivity contribution is 7.78. The topological polar surface area (TPSA) is 33.6 Å². The van der Waals surface area contributed by atoms with E-state index in [9.17, 15) is 0 Å². The number of rotatable bonds is 5. The number of isothiocyanates is 1. The van der Waals surface area contributed by atoms with E-state index in [0.29, 0.717) is 6.67 Å². The number of aliphatic imine (C=N–C) groups is 1. The number of ether oxygens (including phenoxy) is 1. The van der Waals surface area contributed by atoms with Crippen LogP contribution >= 0.6 is 12.2 Å². The van der Waals surface area contributed by atoms with Gasteiger partial charge >= 0.3 is 0 Å². The van der Waals surface area contributed by atoms with Gasteiger partial charge in [-0.3, -0.25) is 0 Å². The van der Waals surface area contributed by atoms with Crippen LogP contribution in [-0.4, -0.2) is 11.8 Å². The second-order valence-electron chi connectivity index (χ2n) is 3.53. The molecule has 0 aromatic heterocycles. The summed E-state index contributed by atoms with van der Waals surface area (Å²) in [4.78, 5) is 3.79. The molecule has 2 rings (SSSR count). The lowest BCUT2D eigenvalue weighted by Crippen LogP contribution is -1.97. The molecule has 0 saturated carbocycles. The van der Waals surface area contributed by atoms with E-state index in [1.807, 2.05) is 54.6 Å². The van der Waals surface area contributed by atoms with Gasteiger partial charge in [-0.25, -0.2) is 4.99 Å². The molecule has 1 N–H and O–H groups in total. The maximum absolute atomic E-state index is 5.72. The summed E-state index contributed by atoms with van der Waals surface area (Å²) in [7, 11) is 0. The molecule has 0 saturated heterocycles. The first kappa shape index (κ1) is 12.3. The van der Waals surface area contributed by atoms with Gasteiger partial charge in [-0.2, -0.15) is 0 Å². The van der Waals surface area contributed by atoms with Crippen LogP contribution < -0.4 is 10.1 Å². The summed E-state index contributed by atoms with van der Waals surface area (Å²) in [5, 5.41) is 5.40. The van der Waals surface area contributed by atoms with Gasteiger partial charge in [0.05, 0.1) is 5.16 Å². The molecule has 0 bridgehead atoms. The van der Waals surface area contributed by atoms with Gasteiger partial charge in [0.2, 0.25) is 0 Å². The van der Waals surface area contributed by atoms with Crippen LogP contribution in [0.25, 0.3) is 0 Å². The van der Waals surface area contributed by atoms with Crippen molar-refractivity contribution in [3.8, 4) is 11.5 Å². The zero-order chi connectivity index (χ0) is 12.6. The lowest BCUT2D eigenvalue weighted by Gasteiger charge is -2.07. The van der Waals surface area contributed by atoms with Crippen molar-refractivity contribution in [1.29, 1.82) is 0 Å². The van der Waals surface area contributed by atoms with Crippen molar-refractivity contribution in [3.63, 3.8) is 0 Å². The van der Waals surface area contributed by atoms with E-state index in [2.05, 4.69) is 27.7 Å². The van der Waals surface area contributed by atoms with Gasteiger partial charge in [0.1, 0.15) is 18.2 Å². The number of nitrogens with zero attached hydrogens (tertiary/aromatic N) is 1. The van der Waals surface area contributed by atoms with Crippen LogP contribution in [0.2, 0.25) is 0 Å². The molecule has 18 heavy (non-hydrogen) atoms. The summed E-state index contributed by atoms with van der Waals surface area (Å²) in [6.07, 6.45) is 0. The summed E-state index contributed by atoms with van der Waals surface area (Å²) >= 11 is 4.50. The number of thiocarbonyl (C=S) groups is 1. The van der Waals surface area contributed by atoms with Crippen molar-refractivity contribution in [1.82, 2.24) is 0 Å². The van der Waals surface area contributed by atoms with E-state index in [1.165, 1.54) is 0 Å². The molecule has 90 valence electrons. The van der Waals surface area contributed by atoms with E-state index >= 15 is 0 Å². The molecule has 0 aliphatic carbocycles. The third-order valence-corrected chi connectivity index (χ3v) is 2.37. The Balaban J connectivity index is 2.05. The molecular weight excluding hydrogens is 244 g/mol. The van der Waals surface area contributed by atoms with Crippen LogP contribution in [0.3, 0.4) is 0 Å². The van der Waals surface area contributed by atoms with Crippen LogP contribution in [-0.2, 0) is 0 Å². The Kier molecular flexibility index (Phi) is 4.47. The zero-order valence-electron chi connectivity index (χ0n) is 9.67. The minimum atomic E-state index is 0.415. The quantitative estimate of drug-likeness (QED) is 0.649. The minimum absolute atomic E-state index is 0.415. The predicted molar refractivity (Wildman–Crippen MR) is 76.5 cm³/mol. The number of nitrogens with one attached hydrogen (secondary N) is 1. The van der Waals surface area contributed by atoms with E-state index in [-0.39, 0.29) is 0 Å². The molecule has 0 fully saturated rings. The average molecular weight is 256 g/mol. The molecule has 0 atom stereocenters. The Morgan fingerprint density at radius 3 is 2.61 bits per heavy atom. The minimum Gasteiger partial charge on any atom is -0.457 e. The molecule has 2 aromatic rings. The zero-order valence-corrected chi connectivity index (χ0v) is 10.5. The van der Waals surface area contributed by atoms with Gasteiger partial charge in [0, 0.05) is 11.8 Å². The second-order valence-corrected chi connectivity index (χ2v) is 3.71. The number of benzene rings is 2. The Bertz CT molecular complexity index is 551. The third-order valence-electron chi connectivity index (χ3n) is 2.24. The normalized spacial score (nSPS) is 9.33. The van der Waals surface area contributed by atoms with Gasteiger partial charge in [-0.1, -0.05) is 24.3 Å². The lowest BCUT2D eigenvalue weighted by molar-refractivity contribution is 0.483. The van der Waals surface area contributed by atoms with Gasteiger partial charge in [0.25, 0.3) is 0 Å². The standard InChI is InChI=1S/C14H12N2OS/c18-11-15-10-16-12-5-4-8-14(9-12)17-13-6-2-1-3-7-13/h1-9,16H,10H2. The van der Waals surface area contributed by atoms with Gasteiger partial charge in [0.15, 0.2) is 0 Å². The highest BCUT2D eigenvalue weighted by Crippen LogP contribution is 2.23. The van der Waals surface area contributed by atoms with Crippen molar-refractivity contribution in [2.45, 2.75) is 0 Å². The summed E-state index contributed by atoms with van der Waals surface area (Å²) in [5.41, 5.74) is 0.928. The van der Waals surface area contributed by atoms with Crippen LogP contribution in [0.15, 0.2) is 59.6 Å². The van der Waals surface area contributed by atoms with Crippen LogP contribution in [0.1, 0.15) is 0 Å². The monoisotopic (exact) mass is 256 g/mol. The van der Waals surface area contributed by atoms with E-state index in [0.717, 1.165) is 17.2 Å². The number of para-hydroxylation sites is 1. The van der Waals surface area contributed by atoms with Gasteiger partial charge in [-0.05, 0) is 36.5 Å². The number of hydrogen-bond donors (Lipinski definition) is 1. The van der Waals surface area contributed by atoms with E-state index in [4.69, 9.17) is 4.74 Å². The van der Waals surface area contributed by atoms with Crippen molar-refractivity contribution in [3.05, 3.63) is 54.6 Å².